The van der Waals surface area contributed by atoms with Crippen LogP contribution in [0.5, 0.6) is 0 Å². The Morgan fingerprint density at radius 2 is 2.17 bits per heavy atom. The average Bonchev–Trinajstić information content (AvgIpc) is 2.78. The van der Waals surface area contributed by atoms with E-state index < -0.39 is 0 Å². The molecule has 2 atom stereocenters. The van der Waals surface area contributed by atoms with Crippen LogP contribution in [0.2, 0.25) is 0 Å². The fourth-order valence-electron chi connectivity index (χ4n) is 3.24. The SMILES string of the molecule is CCC1CCC(C#N)(Cc2cc(C)ccc2C)C1. The van der Waals surface area contributed by atoms with Gasteiger partial charge in [-0.25, -0.2) is 0 Å². The van der Waals surface area contributed by atoms with E-state index in [1.165, 1.54) is 29.5 Å². The molecule has 1 aliphatic carbocycles. The van der Waals surface area contributed by atoms with Crippen molar-refractivity contribution in [1.82, 2.24) is 0 Å². The molecule has 0 aliphatic heterocycles. The number of aryl methyl sites for hydroxylation is 2. The van der Waals surface area contributed by atoms with E-state index >= 15 is 0 Å². The van der Waals surface area contributed by atoms with Gasteiger partial charge in [0.25, 0.3) is 0 Å². The van der Waals surface area contributed by atoms with Crippen LogP contribution in [0.15, 0.2) is 18.2 Å². The molecule has 2 rings (SSSR count). The molecule has 1 nitrogen and oxygen atoms in total. The highest BCUT2D eigenvalue weighted by atomic mass is 14.4. The minimum Gasteiger partial charge on any atom is -0.198 e. The largest absolute Gasteiger partial charge is 0.198 e. The van der Waals surface area contributed by atoms with Crippen molar-refractivity contribution >= 4 is 0 Å². The van der Waals surface area contributed by atoms with E-state index in [0.29, 0.717) is 0 Å². The Kier molecular flexibility index (Phi) is 3.76. The van der Waals surface area contributed by atoms with Gasteiger partial charge in [0.2, 0.25) is 0 Å². The van der Waals surface area contributed by atoms with Crippen LogP contribution >= 0.6 is 0 Å². The molecule has 96 valence electrons. The molecule has 0 saturated heterocycles. The van der Waals surface area contributed by atoms with E-state index in [2.05, 4.69) is 45.0 Å². The second kappa shape index (κ2) is 5.14. The minimum atomic E-state index is -0.0980. The molecule has 0 bridgehead atoms. The zero-order valence-corrected chi connectivity index (χ0v) is 11.8. The van der Waals surface area contributed by atoms with Gasteiger partial charge in [-0.1, -0.05) is 37.1 Å². The van der Waals surface area contributed by atoms with Crippen LogP contribution < -0.4 is 0 Å². The Morgan fingerprint density at radius 3 is 2.78 bits per heavy atom. The molecule has 1 saturated carbocycles. The molecule has 1 fully saturated rings. The Hall–Kier alpha value is -1.29. The monoisotopic (exact) mass is 241 g/mol. The Labute approximate surface area is 111 Å². The summed E-state index contributed by atoms with van der Waals surface area (Å²) in [5.74, 6) is 0.759. The summed E-state index contributed by atoms with van der Waals surface area (Å²) in [4.78, 5) is 0. The van der Waals surface area contributed by atoms with Crippen molar-refractivity contribution in [3.63, 3.8) is 0 Å². The zero-order valence-electron chi connectivity index (χ0n) is 11.8. The van der Waals surface area contributed by atoms with Crippen LogP contribution in [0.25, 0.3) is 0 Å². The first-order chi connectivity index (χ1) is 8.58. The normalized spacial score (nSPS) is 27.1. The second-order valence-electron chi connectivity index (χ2n) is 6.02. The number of benzene rings is 1. The van der Waals surface area contributed by atoms with E-state index in [0.717, 1.165) is 25.2 Å². The number of hydrogen-bond donors (Lipinski definition) is 0. The van der Waals surface area contributed by atoms with Crippen molar-refractivity contribution in [2.75, 3.05) is 0 Å². The fourth-order valence-corrected chi connectivity index (χ4v) is 3.24. The van der Waals surface area contributed by atoms with Crippen LogP contribution in [-0.2, 0) is 6.42 Å². The van der Waals surface area contributed by atoms with Crippen LogP contribution in [0.1, 0.15) is 49.3 Å². The van der Waals surface area contributed by atoms with Crippen LogP contribution in [0, 0.1) is 36.5 Å². The molecular formula is C17H23N. The van der Waals surface area contributed by atoms with Gasteiger partial charge in [-0.3, -0.25) is 0 Å². The lowest BCUT2D eigenvalue weighted by molar-refractivity contribution is 0.380. The van der Waals surface area contributed by atoms with Gasteiger partial charge in [-0.05, 0) is 56.6 Å². The van der Waals surface area contributed by atoms with Crippen molar-refractivity contribution in [3.8, 4) is 6.07 Å². The third-order valence-electron chi connectivity index (χ3n) is 4.56. The van der Waals surface area contributed by atoms with Gasteiger partial charge in [0.15, 0.2) is 0 Å². The van der Waals surface area contributed by atoms with Crippen molar-refractivity contribution in [2.45, 2.75) is 52.9 Å². The highest BCUT2D eigenvalue weighted by Crippen LogP contribution is 2.45. The Balaban J connectivity index is 2.21. The number of nitrogens with zero attached hydrogens (tertiary/aromatic N) is 1. The summed E-state index contributed by atoms with van der Waals surface area (Å²) >= 11 is 0. The molecule has 18 heavy (non-hydrogen) atoms. The zero-order chi connectivity index (χ0) is 13.2. The molecule has 2 unspecified atom stereocenters. The summed E-state index contributed by atoms with van der Waals surface area (Å²) in [6.07, 6.45) is 5.56. The molecule has 0 N–H and O–H groups in total. The van der Waals surface area contributed by atoms with Crippen molar-refractivity contribution in [1.29, 1.82) is 5.26 Å². The molecule has 0 heterocycles. The van der Waals surface area contributed by atoms with E-state index in [1.807, 2.05) is 0 Å². The number of rotatable bonds is 3. The quantitative estimate of drug-likeness (QED) is 0.760. The Bertz CT molecular complexity index is 469. The molecule has 0 spiro atoms. The van der Waals surface area contributed by atoms with E-state index in [9.17, 15) is 5.26 Å². The molecule has 1 heteroatoms. The minimum absolute atomic E-state index is 0.0980. The highest BCUT2D eigenvalue weighted by molar-refractivity contribution is 5.32. The number of nitriles is 1. The van der Waals surface area contributed by atoms with Crippen LogP contribution in [0.4, 0.5) is 0 Å². The summed E-state index contributed by atoms with van der Waals surface area (Å²) in [6.45, 7) is 6.54. The topological polar surface area (TPSA) is 23.8 Å². The first-order valence-corrected chi connectivity index (χ1v) is 7.06. The average molecular weight is 241 g/mol. The third kappa shape index (κ3) is 2.58. The molecular weight excluding hydrogens is 218 g/mol. The lowest BCUT2D eigenvalue weighted by Gasteiger charge is -2.22. The maximum atomic E-state index is 9.60. The van der Waals surface area contributed by atoms with Gasteiger partial charge in [0.1, 0.15) is 0 Å². The van der Waals surface area contributed by atoms with Gasteiger partial charge in [0, 0.05) is 0 Å². The summed E-state index contributed by atoms with van der Waals surface area (Å²) in [6, 6.07) is 9.23. The smallest absolute Gasteiger partial charge is 0.0693 e. The summed E-state index contributed by atoms with van der Waals surface area (Å²) < 4.78 is 0. The van der Waals surface area contributed by atoms with Crippen LogP contribution in [0.3, 0.4) is 0 Å². The third-order valence-corrected chi connectivity index (χ3v) is 4.56. The lowest BCUT2D eigenvalue weighted by Crippen LogP contribution is -2.18. The van der Waals surface area contributed by atoms with Crippen molar-refractivity contribution in [2.24, 2.45) is 11.3 Å². The van der Waals surface area contributed by atoms with E-state index in [-0.39, 0.29) is 5.41 Å². The van der Waals surface area contributed by atoms with Gasteiger partial charge in [-0.2, -0.15) is 5.26 Å². The predicted octanol–water partition coefficient (Wildman–Crippen LogP) is 4.57. The van der Waals surface area contributed by atoms with Crippen LogP contribution in [-0.4, -0.2) is 0 Å². The molecule has 1 aromatic rings. The first kappa shape index (κ1) is 13.1. The predicted molar refractivity (Wildman–Crippen MR) is 75.3 cm³/mol. The fraction of sp³-hybridized carbons (Fsp3) is 0.588. The van der Waals surface area contributed by atoms with E-state index in [4.69, 9.17) is 0 Å². The first-order valence-electron chi connectivity index (χ1n) is 7.06. The highest BCUT2D eigenvalue weighted by Gasteiger charge is 2.38. The van der Waals surface area contributed by atoms with Crippen molar-refractivity contribution < 1.29 is 0 Å². The standard InChI is InChI=1S/C17H23N/c1-4-15-7-8-17(10-15,12-18)11-16-9-13(2)5-6-14(16)3/h5-6,9,15H,4,7-8,10-11H2,1-3H3. The summed E-state index contributed by atoms with van der Waals surface area (Å²) in [7, 11) is 0. The molecule has 1 aliphatic rings. The molecule has 0 amide bonds. The maximum absolute atomic E-state index is 9.60. The maximum Gasteiger partial charge on any atom is 0.0693 e. The summed E-state index contributed by atoms with van der Waals surface area (Å²) in [5.41, 5.74) is 3.90. The van der Waals surface area contributed by atoms with E-state index in [1.54, 1.807) is 0 Å². The van der Waals surface area contributed by atoms with Gasteiger partial charge >= 0.3 is 0 Å². The number of hydrogen-bond acceptors (Lipinski definition) is 1. The molecule has 0 radical (unpaired) electrons. The second-order valence-corrected chi connectivity index (χ2v) is 6.02. The summed E-state index contributed by atoms with van der Waals surface area (Å²) in [5, 5.41) is 9.60. The van der Waals surface area contributed by atoms with Gasteiger partial charge < -0.3 is 0 Å². The van der Waals surface area contributed by atoms with Gasteiger partial charge in [0.05, 0.1) is 11.5 Å². The van der Waals surface area contributed by atoms with Crippen molar-refractivity contribution in [3.05, 3.63) is 34.9 Å². The van der Waals surface area contributed by atoms with Gasteiger partial charge in [-0.15, -0.1) is 0 Å². The molecule has 0 aromatic heterocycles. The lowest BCUT2D eigenvalue weighted by atomic mass is 9.79. The Morgan fingerprint density at radius 1 is 1.39 bits per heavy atom. The molecule has 1 aromatic carbocycles.